The van der Waals surface area contributed by atoms with Gasteiger partial charge in [-0.2, -0.15) is 4.80 Å². The number of aromatic nitrogens is 4. The number of methoxy groups -OCH3 is 1. The second-order valence-corrected chi connectivity index (χ2v) is 4.40. The monoisotopic (exact) mass is 261 g/mol. The summed E-state index contributed by atoms with van der Waals surface area (Å²) in [7, 11) is 5.40. The average Bonchev–Trinajstić information content (AvgIpc) is 2.84. The molecular formula is C13H19N5O. The van der Waals surface area contributed by atoms with Gasteiger partial charge in [0.25, 0.3) is 0 Å². The predicted octanol–water partition coefficient (Wildman–Crippen LogP) is 0.592. The molecule has 0 aliphatic rings. The zero-order valence-corrected chi connectivity index (χ0v) is 11.5. The zero-order valence-electron chi connectivity index (χ0n) is 11.5. The maximum absolute atomic E-state index is 5.37. The molecule has 1 heterocycles. The summed E-state index contributed by atoms with van der Waals surface area (Å²) in [5, 5.41) is 15.4. The lowest BCUT2D eigenvalue weighted by atomic mass is 10.0. The van der Waals surface area contributed by atoms with Crippen molar-refractivity contribution < 1.29 is 4.74 Å². The Bertz CT molecular complexity index is 525. The molecule has 0 aliphatic heterocycles. The van der Waals surface area contributed by atoms with Crippen molar-refractivity contribution in [3.63, 3.8) is 0 Å². The molecule has 0 aliphatic carbocycles. The number of hydrogen-bond acceptors (Lipinski definition) is 5. The highest BCUT2D eigenvalue weighted by Gasteiger charge is 2.14. The van der Waals surface area contributed by atoms with Crippen molar-refractivity contribution in [3.05, 3.63) is 35.7 Å². The fourth-order valence-electron chi connectivity index (χ4n) is 2.04. The summed E-state index contributed by atoms with van der Waals surface area (Å²) in [5.41, 5.74) is 1.17. The van der Waals surface area contributed by atoms with E-state index >= 15 is 0 Å². The number of aryl methyl sites for hydroxylation is 1. The van der Waals surface area contributed by atoms with Gasteiger partial charge in [0.15, 0.2) is 5.82 Å². The minimum atomic E-state index is 0.250. The molecule has 0 amide bonds. The third-order valence-corrected chi connectivity index (χ3v) is 3.05. The molecule has 0 radical (unpaired) electrons. The van der Waals surface area contributed by atoms with Crippen LogP contribution in [0.3, 0.4) is 0 Å². The molecule has 1 aromatic heterocycles. The molecule has 0 spiro atoms. The Balaban J connectivity index is 2.06. The largest absolute Gasteiger partial charge is 0.496 e. The first-order valence-electron chi connectivity index (χ1n) is 6.25. The van der Waals surface area contributed by atoms with Gasteiger partial charge in [-0.3, -0.25) is 0 Å². The van der Waals surface area contributed by atoms with Gasteiger partial charge in [0.2, 0.25) is 0 Å². The van der Waals surface area contributed by atoms with Crippen molar-refractivity contribution in [2.75, 3.05) is 14.2 Å². The van der Waals surface area contributed by atoms with E-state index in [2.05, 4.69) is 26.8 Å². The van der Waals surface area contributed by atoms with E-state index in [-0.39, 0.29) is 6.04 Å². The third-order valence-electron chi connectivity index (χ3n) is 3.05. The van der Waals surface area contributed by atoms with Gasteiger partial charge in [0.1, 0.15) is 5.75 Å². The predicted molar refractivity (Wildman–Crippen MR) is 72.0 cm³/mol. The molecule has 0 saturated carbocycles. The Morgan fingerprint density at radius 2 is 2.11 bits per heavy atom. The van der Waals surface area contributed by atoms with Crippen molar-refractivity contribution in [1.82, 2.24) is 25.5 Å². The summed E-state index contributed by atoms with van der Waals surface area (Å²) in [5.74, 6) is 1.66. The van der Waals surface area contributed by atoms with Gasteiger partial charge in [-0.05, 0) is 30.3 Å². The van der Waals surface area contributed by atoms with E-state index in [0.29, 0.717) is 0 Å². The highest BCUT2D eigenvalue weighted by atomic mass is 16.5. The molecule has 2 aromatic rings. The van der Waals surface area contributed by atoms with Crippen LogP contribution in [0.5, 0.6) is 5.75 Å². The Morgan fingerprint density at radius 1 is 1.32 bits per heavy atom. The first-order valence-corrected chi connectivity index (χ1v) is 6.25. The molecule has 0 bridgehead atoms. The van der Waals surface area contributed by atoms with Crippen LogP contribution in [0.25, 0.3) is 0 Å². The fourth-order valence-corrected chi connectivity index (χ4v) is 2.04. The maximum atomic E-state index is 5.37. The highest BCUT2D eigenvalue weighted by molar-refractivity contribution is 5.33. The van der Waals surface area contributed by atoms with Crippen molar-refractivity contribution >= 4 is 0 Å². The van der Waals surface area contributed by atoms with Gasteiger partial charge >= 0.3 is 0 Å². The summed E-state index contributed by atoms with van der Waals surface area (Å²) in [6.45, 7) is 0. The zero-order chi connectivity index (χ0) is 13.7. The summed E-state index contributed by atoms with van der Waals surface area (Å²) in [6.07, 6.45) is 1.60. The van der Waals surface area contributed by atoms with E-state index in [1.165, 1.54) is 10.4 Å². The van der Waals surface area contributed by atoms with Gasteiger partial charge in [-0.25, -0.2) is 0 Å². The van der Waals surface area contributed by atoms with Crippen molar-refractivity contribution in [3.8, 4) is 5.75 Å². The number of tetrazole rings is 1. The summed E-state index contributed by atoms with van der Waals surface area (Å²) in [4.78, 5) is 1.48. The number of rotatable bonds is 6. The van der Waals surface area contributed by atoms with Crippen LogP contribution >= 0.6 is 0 Å². The number of likely N-dealkylation sites (N-methyl/N-ethyl adjacent to an activating group) is 1. The molecule has 1 N–H and O–H groups in total. The first-order chi connectivity index (χ1) is 9.22. The van der Waals surface area contributed by atoms with Gasteiger partial charge < -0.3 is 10.1 Å². The number of para-hydroxylation sites is 1. The van der Waals surface area contributed by atoms with Gasteiger partial charge in [0.05, 0.1) is 14.2 Å². The topological polar surface area (TPSA) is 64.9 Å². The van der Waals surface area contributed by atoms with Gasteiger partial charge in [-0.15, -0.1) is 10.2 Å². The highest BCUT2D eigenvalue weighted by Crippen LogP contribution is 2.19. The van der Waals surface area contributed by atoms with Gasteiger partial charge in [0, 0.05) is 12.5 Å². The van der Waals surface area contributed by atoms with E-state index in [4.69, 9.17) is 4.74 Å². The van der Waals surface area contributed by atoms with E-state index < -0.39 is 0 Å². The third kappa shape index (κ3) is 3.51. The average molecular weight is 261 g/mol. The van der Waals surface area contributed by atoms with Crippen LogP contribution in [0.1, 0.15) is 11.4 Å². The lowest BCUT2D eigenvalue weighted by Crippen LogP contribution is -2.30. The number of nitrogens with one attached hydrogen (secondary N) is 1. The number of nitrogens with zero attached hydrogens (tertiary/aromatic N) is 4. The molecule has 0 saturated heterocycles. The van der Waals surface area contributed by atoms with Crippen LogP contribution in [0.2, 0.25) is 0 Å². The number of hydrogen-bond donors (Lipinski definition) is 1. The molecule has 1 atom stereocenters. The Hall–Kier alpha value is -1.95. The molecule has 0 fully saturated rings. The maximum Gasteiger partial charge on any atom is 0.176 e. The Morgan fingerprint density at radius 3 is 2.74 bits per heavy atom. The van der Waals surface area contributed by atoms with Gasteiger partial charge in [-0.1, -0.05) is 18.2 Å². The summed E-state index contributed by atoms with van der Waals surface area (Å²) in [6, 6.07) is 8.29. The minimum absolute atomic E-state index is 0.250. The minimum Gasteiger partial charge on any atom is -0.496 e. The van der Waals surface area contributed by atoms with Crippen LogP contribution < -0.4 is 10.1 Å². The Kier molecular flexibility index (Phi) is 4.46. The number of ether oxygens (including phenoxy) is 1. The van der Waals surface area contributed by atoms with E-state index in [1.54, 1.807) is 14.2 Å². The second kappa shape index (κ2) is 6.29. The van der Waals surface area contributed by atoms with E-state index in [0.717, 1.165) is 24.4 Å². The van der Waals surface area contributed by atoms with E-state index in [1.807, 2.05) is 25.2 Å². The second-order valence-electron chi connectivity index (χ2n) is 4.40. The molecule has 19 heavy (non-hydrogen) atoms. The molecule has 1 aromatic carbocycles. The fraction of sp³-hybridized carbons (Fsp3) is 0.462. The molecule has 2 rings (SSSR count). The summed E-state index contributed by atoms with van der Waals surface area (Å²) < 4.78 is 5.37. The van der Waals surface area contributed by atoms with Crippen molar-refractivity contribution in [2.24, 2.45) is 7.05 Å². The van der Waals surface area contributed by atoms with Crippen molar-refractivity contribution in [2.45, 2.75) is 18.9 Å². The van der Waals surface area contributed by atoms with Crippen LogP contribution in [0.4, 0.5) is 0 Å². The molecule has 6 heteroatoms. The van der Waals surface area contributed by atoms with Crippen LogP contribution in [-0.4, -0.2) is 40.4 Å². The lowest BCUT2D eigenvalue weighted by Gasteiger charge is -2.16. The van der Waals surface area contributed by atoms with Crippen molar-refractivity contribution in [1.29, 1.82) is 0 Å². The summed E-state index contributed by atoms with van der Waals surface area (Å²) >= 11 is 0. The quantitative estimate of drug-likeness (QED) is 0.824. The molecule has 6 nitrogen and oxygen atoms in total. The van der Waals surface area contributed by atoms with Crippen LogP contribution in [0.15, 0.2) is 24.3 Å². The Labute approximate surface area is 112 Å². The standard InChI is InChI=1S/C13H19N5O/c1-14-11(9-13-15-17-18(2)16-13)8-10-6-4-5-7-12(10)19-3/h4-7,11,14H,8-9H2,1-3H3. The molecular weight excluding hydrogens is 242 g/mol. The van der Waals surface area contributed by atoms with Crippen LogP contribution in [0, 0.1) is 0 Å². The smallest absolute Gasteiger partial charge is 0.176 e. The van der Waals surface area contributed by atoms with E-state index in [9.17, 15) is 0 Å². The molecule has 1 unspecified atom stereocenters. The molecule has 102 valence electrons. The first kappa shape index (κ1) is 13.5. The normalized spacial score (nSPS) is 12.4. The number of benzene rings is 1. The lowest BCUT2D eigenvalue weighted by molar-refractivity contribution is 0.405. The SMILES string of the molecule is CNC(Cc1nnn(C)n1)Cc1ccccc1OC. The van der Waals surface area contributed by atoms with Crippen LogP contribution in [-0.2, 0) is 19.9 Å².